The number of hydrogen-bond donors (Lipinski definition) is 0. The van der Waals surface area contributed by atoms with E-state index in [-0.39, 0.29) is 6.42 Å². The van der Waals surface area contributed by atoms with Crippen LogP contribution in [0.3, 0.4) is 0 Å². The molecule has 1 atom stereocenters. The van der Waals surface area contributed by atoms with E-state index in [4.69, 9.17) is 0 Å². The molecule has 0 N–H and O–H groups in total. The molecule has 0 aliphatic carbocycles. The van der Waals surface area contributed by atoms with Gasteiger partial charge in [0.25, 0.3) is 0 Å². The van der Waals surface area contributed by atoms with E-state index in [1.165, 1.54) is 27.4 Å². The number of rotatable bonds is 6. The Morgan fingerprint density at radius 3 is 1.89 bits per heavy atom. The Labute approximate surface area is 106 Å². The number of carbonyl (C=O) groups excluding carboxylic acids is 3. The van der Waals surface area contributed by atoms with Crippen molar-refractivity contribution in [2.45, 2.75) is 13.3 Å². The molecule has 0 heterocycles. The van der Waals surface area contributed by atoms with E-state index >= 15 is 0 Å². The molecule has 0 saturated heterocycles. The largest absolute Gasteiger partial charge is 0.469 e. The monoisotopic (exact) mass is 258 g/mol. The quantitative estimate of drug-likeness (QED) is 0.302. The molecule has 0 bridgehead atoms. The Morgan fingerprint density at radius 2 is 1.50 bits per heavy atom. The second-order valence-corrected chi connectivity index (χ2v) is 3.59. The summed E-state index contributed by atoms with van der Waals surface area (Å²) in [5, 5.41) is 0. The third-order valence-corrected chi connectivity index (χ3v) is 2.39. The van der Waals surface area contributed by atoms with Gasteiger partial charge in [-0.05, 0) is 5.92 Å². The van der Waals surface area contributed by atoms with Gasteiger partial charge < -0.3 is 14.2 Å². The fourth-order valence-corrected chi connectivity index (χ4v) is 1.35. The first-order valence-corrected chi connectivity index (χ1v) is 5.37. The summed E-state index contributed by atoms with van der Waals surface area (Å²) >= 11 is 0. The SMILES string of the molecule is COC(=O)C/C=C/C(C)C(C(=O)OC)C(=O)OC. The minimum absolute atomic E-state index is 0.0793. The standard InChI is InChI=1S/C12H18O6/c1-8(6-5-7-9(13)16-2)10(11(14)17-3)12(15)18-4/h5-6,8,10H,7H2,1-4H3/b6-5+. The summed E-state index contributed by atoms with van der Waals surface area (Å²) in [4.78, 5) is 33.8. The first kappa shape index (κ1) is 16.1. The summed E-state index contributed by atoms with van der Waals surface area (Å²) in [6.07, 6.45) is 3.20. The molecule has 0 aromatic carbocycles. The van der Waals surface area contributed by atoms with Gasteiger partial charge in [0.05, 0.1) is 27.8 Å². The maximum atomic E-state index is 11.5. The first-order valence-electron chi connectivity index (χ1n) is 5.37. The molecule has 0 radical (unpaired) electrons. The maximum absolute atomic E-state index is 11.5. The molecule has 0 saturated carbocycles. The van der Waals surface area contributed by atoms with E-state index in [0.717, 1.165) is 0 Å². The average Bonchev–Trinajstić information content (AvgIpc) is 2.37. The Hall–Kier alpha value is -1.85. The van der Waals surface area contributed by atoms with Crippen LogP contribution in [0.15, 0.2) is 12.2 Å². The third-order valence-electron chi connectivity index (χ3n) is 2.39. The van der Waals surface area contributed by atoms with Gasteiger partial charge >= 0.3 is 17.9 Å². The number of allylic oxidation sites excluding steroid dienone is 1. The van der Waals surface area contributed by atoms with E-state index in [0.29, 0.717) is 0 Å². The molecule has 6 nitrogen and oxygen atoms in total. The Bertz CT molecular complexity index is 317. The van der Waals surface area contributed by atoms with Crippen LogP contribution < -0.4 is 0 Å². The van der Waals surface area contributed by atoms with Crippen LogP contribution >= 0.6 is 0 Å². The lowest BCUT2D eigenvalue weighted by molar-refractivity contribution is -0.160. The molecular formula is C12H18O6. The van der Waals surface area contributed by atoms with Crippen molar-refractivity contribution in [2.75, 3.05) is 21.3 Å². The minimum Gasteiger partial charge on any atom is -0.469 e. The van der Waals surface area contributed by atoms with Crippen LogP contribution in [0, 0.1) is 11.8 Å². The number of hydrogen-bond acceptors (Lipinski definition) is 6. The minimum atomic E-state index is -1.03. The average molecular weight is 258 g/mol. The van der Waals surface area contributed by atoms with Gasteiger partial charge in [-0.25, -0.2) is 0 Å². The summed E-state index contributed by atoms with van der Waals surface area (Å²) in [6, 6.07) is 0. The molecule has 0 amide bonds. The van der Waals surface area contributed by atoms with Crippen molar-refractivity contribution < 1.29 is 28.6 Å². The van der Waals surface area contributed by atoms with Crippen molar-refractivity contribution in [2.24, 2.45) is 11.8 Å². The summed E-state index contributed by atoms with van der Waals surface area (Å²) in [7, 11) is 3.68. The molecule has 0 aromatic heterocycles. The highest BCUT2D eigenvalue weighted by atomic mass is 16.5. The number of carbonyl (C=O) groups is 3. The summed E-state index contributed by atoms with van der Waals surface area (Å²) in [5.41, 5.74) is 0. The molecule has 0 aliphatic heterocycles. The van der Waals surface area contributed by atoms with Crippen LogP contribution in [0.4, 0.5) is 0 Å². The van der Waals surface area contributed by atoms with Crippen molar-refractivity contribution in [3.05, 3.63) is 12.2 Å². The second kappa shape index (κ2) is 8.27. The molecule has 102 valence electrons. The predicted molar refractivity (Wildman–Crippen MR) is 62.5 cm³/mol. The van der Waals surface area contributed by atoms with Crippen molar-refractivity contribution in [3.63, 3.8) is 0 Å². The van der Waals surface area contributed by atoms with Crippen LogP contribution in [0.1, 0.15) is 13.3 Å². The fraction of sp³-hybridized carbons (Fsp3) is 0.583. The lowest BCUT2D eigenvalue weighted by Gasteiger charge is -2.16. The van der Waals surface area contributed by atoms with E-state index in [1.54, 1.807) is 13.0 Å². The Kier molecular flexibility index (Phi) is 7.42. The maximum Gasteiger partial charge on any atom is 0.320 e. The van der Waals surface area contributed by atoms with E-state index in [2.05, 4.69) is 14.2 Å². The van der Waals surface area contributed by atoms with Crippen LogP contribution in [0.5, 0.6) is 0 Å². The van der Waals surface area contributed by atoms with Gasteiger partial charge in [-0.2, -0.15) is 0 Å². The number of esters is 3. The van der Waals surface area contributed by atoms with Gasteiger partial charge in [-0.15, -0.1) is 0 Å². The molecule has 18 heavy (non-hydrogen) atoms. The van der Waals surface area contributed by atoms with Gasteiger partial charge in [-0.1, -0.05) is 19.1 Å². The van der Waals surface area contributed by atoms with Crippen molar-refractivity contribution >= 4 is 17.9 Å². The predicted octanol–water partition coefficient (Wildman–Crippen LogP) is 0.704. The Balaban J connectivity index is 4.66. The van der Waals surface area contributed by atoms with E-state index in [9.17, 15) is 14.4 Å². The molecule has 6 heteroatoms. The molecule has 0 aromatic rings. The summed E-state index contributed by atoms with van der Waals surface area (Å²) in [5.74, 6) is -3.20. The van der Waals surface area contributed by atoms with Gasteiger partial charge in [-0.3, -0.25) is 14.4 Å². The van der Waals surface area contributed by atoms with Crippen molar-refractivity contribution in [1.29, 1.82) is 0 Å². The van der Waals surface area contributed by atoms with Gasteiger partial charge in [0.15, 0.2) is 5.92 Å². The molecule has 1 unspecified atom stereocenters. The highest BCUT2D eigenvalue weighted by Crippen LogP contribution is 2.17. The van der Waals surface area contributed by atoms with E-state index in [1.807, 2.05) is 0 Å². The van der Waals surface area contributed by atoms with Gasteiger partial charge in [0, 0.05) is 0 Å². The zero-order valence-corrected chi connectivity index (χ0v) is 11.0. The summed E-state index contributed by atoms with van der Waals surface area (Å²) < 4.78 is 13.5. The molecule has 0 spiro atoms. The van der Waals surface area contributed by atoms with Crippen molar-refractivity contribution in [1.82, 2.24) is 0 Å². The fourth-order valence-electron chi connectivity index (χ4n) is 1.35. The first-order chi connectivity index (χ1) is 8.47. The molecule has 0 aliphatic rings. The molecule has 0 fully saturated rings. The number of methoxy groups -OCH3 is 3. The van der Waals surface area contributed by atoms with Crippen LogP contribution in [-0.4, -0.2) is 39.2 Å². The zero-order valence-electron chi connectivity index (χ0n) is 11.0. The van der Waals surface area contributed by atoms with Crippen LogP contribution in [0.25, 0.3) is 0 Å². The normalized spacial score (nSPS) is 12.3. The zero-order chi connectivity index (χ0) is 14.1. The topological polar surface area (TPSA) is 78.9 Å². The smallest absolute Gasteiger partial charge is 0.320 e. The molecular weight excluding hydrogens is 240 g/mol. The lowest BCUT2D eigenvalue weighted by Crippen LogP contribution is -2.31. The second-order valence-electron chi connectivity index (χ2n) is 3.59. The lowest BCUT2D eigenvalue weighted by atomic mass is 9.93. The van der Waals surface area contributed by atoms with E-state index < -0.39 is 29.7 Å². The Morgan fingerprint density at radius 1 is 1.00 bits per heavy atom. The summed E-state index contributed by atoms with van der Waals surface area (Å²) in [6.45, 7) is 1.66. The number of ether oxygens (including phenoxy) is 3. The third kappa shape index (κ3) is 4.99. The highest BCUT2D eigenvalue weighted by Gasteiger charge is 2.32. The van der Waals surface area contributed by atoms with Crippen molar-refractivity contribution in [3.8, 4) is 0 Å². The van der Waals surface area contributed by atoms with Crippen LogP contribution in [0.2, 0.25) is 0 Å². The molecule has 0 rings (SSSR count). The van der Waals surface area contributed by atoms with Gasteiger partial charge in [0.1, 0.15) is 0 Å². The highest BCUT2D eigenvalue weighted by molar-refractivity contribution is 5.95. The van der Waals surface area contributed by atoms with Gasteiger partial charge in [0.2, 0.25) is 0 Å². The van der Waals surface area contributed by atoms with Crippen LogP contribution in [-0.2, 0) is 28.6 Å².